The van der Waals surface area contributed by atoms with Crippen LogP contribution in [0.1, 0.15) is 9.75 Å². The van der Waals surface area contributed by atoms with Gasteiger partial charge in [0, 0.05) is 17.1 Å². The smallest absolute Gasteiger partial charge is 0.314 e. The first-order valence-electron chi connectivity index (χ1n) is 6.15. The average Bonchev–Trinajstić information content (AvgIpc) is 2.94. The molecule has 21 heavy (non-hydrogen) atoms. The monoisotopic (exact) mass is 298 g/mol. The lowest BCUT2D eigenvalue weighted by Gasteiger charge is -2.06. The number of aromatic amines is 2. The molecule has 0 bridgehead atoms. The lowest BCUT2D eigenvalue weighted by molar-refractivity contribution is 1.14. The number of benzene rings is 1. The zero-order valence-corrected chi connectivity index (χ0v) is 11.6. The Morgan fingerprint density at radius 3 is 2.57 bits per heavy atom. The van der Waals surface area contributed by atoms with Crippen molar-refractivity contribution in [3.05, 3.63) is 60.8 Å². The van der Waals surface area contributed by atoms with Crippen molar-refractivity contribution < 1.29 is 0 Å². The molecule has 3 N–H and O–H groups in total. The van der Waals surface area contributed by atoms with Crippen molar-refractivity contribution in [2.75, 3.05) is 5.32 Å². The van der Waals surface area contributed by atoms with Crippen molar-refractivity contribution in [2.45, 2.75) is 6.54 Å². The molecule has 0 amide bonds. The van der Waals surface area contributed by atoms with Gasteiger partial charge in [-0.25, -0.2) is 0 Å². The van der Waals surface area contributed by atoms with Crippen LogP contribution in [0.3, 0.4) is 0 Å². The van der Waals surface area contributed by atoms with Gasteiger partial charge in [0.25, 0.3) is 0 Å². The van der Waals surface area contributed by atoms with E-state index in [0.29, 0.717) is 22.5 Å². The third-order valence-corrected chi connectivity index (χ3v) is 3.95. The summed E-state index contributed by atoms with van der Waals surface area (Å²) in [4.78, 5) is 29.3. The van der Waals surface area contributed by atoms with Gasteiger partial charge in [-0.05, 0) is 30.3 Å². The number of H-pyrrole nitrogens is 2. The Labute approximate surface area is 122 Å². The number of nitrogens with one attached hydrogen (secondary N) is 3. The summed E-state index contributed by atoms with van der Waals surface area (Å²) in [5.41, 5.74) is 0.626. The Kier molecular flexibility index (Phi) is 3.30. The zero-order chi connectivity index (χ0) is 14.8. The molecule has 1 aromatic carbocycles. The highest BCUT2D eigenvalue weighted by Gasteiger charge is 2.02. The molecule has 0 aliphatic rings. The molecule has 0 radical (unpaired) electrons. The normalized spacial score (nSPS) is 10.4. The van der Waals surface area contributed by atoms with E-state index in [1.165, 1.54) is 11.3 Å². The van der Waals surface area contributed by atoms with Crippen LogP contribution in [0.4, 0.5) is 5.69 Å². The molecule has 3 aromatic rings. The summed E-state index contributed by atoms with van der Waals surface area (Å²) in [6.45, 7) is 0.589. The Morgan fingerprint density at radius 1 is 1.10 bits per heavy atom. The topological polar surface area (TPSA) is 102 Å². The van der Waals surface area contributed by atoms with Crippen LogP contribution in [0.15, 0.2) is 39.9 Å². The summed E-state index contributed by atoms with van der Waals surface area (Å²) in [6.07, 6.45) is 0. The lowest BCUT2D eigenvalue weighted by Crippen LogP contribution is -2.28. The molecular formula is C14H10N4O2S. The molecule has 0 saturated carbocycles. The third kappa shape index (κ3) is 2.70. The van der Waals surface area contributed by atoms with Gasteiger partial charge in [-0.2, -0.15) is 5.26 Å². The Bertz CT molecular complexity index is 961. The minimum Gasteiger partial charge on any atom is -0.380 e. The molecule has 0 aliphatic carbocycles. The van der Waals surface area contributed by atoms with Gasteiger partial charge in [0.05, 0.1) is 11.0 Å². The number of fused-ring (bicyclic) bond motifs is 1. The van der Waals surface area contributed by atoms with Crippen molar-refractivity contribution in [3.63, 3.8) is 0 Å². The zero-order valence-electron chi connectivity index (χ0n) is 10.8. The molecule has 0 aliphatic heterocycles. The Morgan fingerprint density at radius 2 is 1.86 bits per heavy atom. The molecule has 0 saturated heterocycles. The molecule has 0 spiro atoms. The number of anilines is 1. The maximum Gasteiger partial charge on any atom is 0.314 e. The standard InChI is InChI=1S/C14H10N4O2S/c15-6-9-2-3-10(21-9)7-16-8-1-4-11-12(5-8)18-14(20)13(19)17-11/h1-5,16H,7H2,(H,17,19)(H,18,20). The van der Waals surface area contributed by atoms with Crippen LogP contribution in [-0.4, -0.2) is 9.97 Å². The molecule has 3 rings (SSSR count). The van der Waals surface area contributed by atoms with Crippen LogP contribution >= 0.6 is 11.3 Å². The number of rotatable bonds is 3. The van der Waals surface area contributed by atoms with E-state index < -0.39 is 11.1 Å². The van der Waals surface area contributed by atoms with Gasteiger partial charge in [-0.1, -0.05) is 0 Å². The Hall–Kier alpha value is -2.85. The highest BCUT2D eigenvalue weighted by atomic mass is 32.1. The van der Waals surface area contributed by atoms with Gasteiger partial charge in [0.15, 0.2) is 0 Å². The quantitative estimate of drug-likeness (QED) is 0.641. The molecule has 0 unspecified atom stereocenters. The van der Waals surface area contributed by atoms with Crippen molar-refractivity contribution in [3.8, 4) is 6.07 Å². The van der Waals surface area contributed by atoms with E-state index in [-0.39, 0.29) is 0 Å². The SMILES string of the molecule is N#Cc1ccc(CNc2ccc3[nH]c(=O)c(=O)[nH]c3c2)s1. The average molecular weight is 298 g/mol. The number of nitriles is 1. The molecule has 6 nitrogen and oxygen atoms in total. The van der Waals surface area contributed by atoms with Crippen molar-refractivity contribution in [1.82, 2.24) is 9.97 Å². The predicted octanol–water partition coefficient (Wildman–Crippen LogP) is 1.76. The number of nitrogens with zero attached hydrogens (tertiary/aromatic N) is 1. The van der Waals surface area contributed by atoms with Crippen molar-refractivity contribution >= 4 is 28.1 Å². The molecule has 2 heterocycles. The molecular weight excluding hydrogens is 288 g/mol. The van der Waals surface area contributed by atoms with Gasteiger partial charge in [0.1, 0.15) is 10.9 Å². The van der Waals surface area contributed by atoms with Gasteiger partial charge in [-0.3, -0.25) is 9.59 Å². The van der Waals surface area contributed by atoms with E-state index in [4.69, 9.17) is 5.26 Å². The van der Waals surface area contributed by atoms with E-state index in [9.17, 15) is 9.59 Å². The first-order valence-corrected chi connectivity index (χ1v) is 6.96. The van der Waals surface area contributed by atoms with Gasteiger partial charge < -0.3 is 15.3 Å². The van der Waals surface area contributed by atoms with Crippen LogP contribution in [0.2, 0.25) is 0 Å². The molecule has 0 fully saturated rings. The summed E-state index contributed by atoms with van der Waals surface area (Å²) in [5.74, 6) is 0. The first kappa shape index (κ1) is 13.1. The minimum absolute atomic E-state index is 0.563. The third-order valence-electron chi connectivity index (χ3n) is 2.96. The molecule has 7 heteroatoms. The maximum absolute atomic E-state index is 11.3. The molecule has 0 atom stereocenters. The summed E-state index contributed by atoms with van der Waals surface area (Å²) >= 11 is 1.43. The number of aromatic nitrogens is 2. The van der Waals surface area contributed by atoms with Crippen molar-refractivity contribution in [1.29, 1.82) is 5.26 Å². The largest absolute Gasteiger partial charge is 0.380 e. The molecule has 2 aromatic heterocycles. The second-order valence-corrected chi connectivity index (χ2v) is 5.57. The summed E-state index contributed by atoms with van der Waals surface area (Å²) < 4.78 is 0. The summed E-state index contributed by atoms with van der Waals surface area (Å²) in [7, 11) is 0. The van der Waals surface area contributed by atoms with E-state index >= 15 is 0 Å². The van der Waals surface area contributed by atoms with Crippen LogP contribution in [0.25, 0.3) is 11.0 Å². The van der Waals surface area contributed by atoms with E-state index in [2.05, 4.69) is 21.4 Å². The van der Waals surface area contributed by atoms with Gasteiger partial charge in [-0.15, -0.1) is 11.3 Å². The van der Waals surface area contributed by atoms with Crippen LogP contribution < -0.4 is 16.4 Å². The summed E-state index contributed by atoms with van der Waals surface area (Å²) in [6, 6.07) is 11.1. The number of hydrogen-bond acceptors (Lipinski definition) is 5. The fourth-order valence-electron chi connectivity index (χ4n) is 1.95. The fourth-order valence-corrected chi connectivity index (χ4v) is 2.69. The van der Waals surface area contributed by atoms with Crippen molar-refractivity contribution in [2.24, 2.45) is 0 Å². The fraction of sp³-hybridized carbons (Fsp3) is 0.0714. The second-order valence-electron chi connectivity index (χ2n) is 4.40. The van der Waals surface area contributed by atoms with E-state index in [1.807, 2.05) is 12.1 Å². The Balaban J connectivity index is 1.84. The van der Waals surface area contributed by atoms with E-state index in [1.54, 1.807) is 18.2 Å². The molecule has 104 valence electrons. The summed E-state index contributed by atoms with van der Waals surface area (Å²) in [5, 5.41) is 12.0. The number of thiophene rings is 1. The maximum atomic E-state index is 11.3. The number of hydrogen-bond donors (Lipinski definition) is 3. The van der Waals surface area contributed by atoms with E-state index in [0.717, 1.165) is 10.6 Å². The highest BCUT2D eigenvalue weighted by Crippen LogP contribution is 2.18. The minimum atomic E-state index is -0.670. The van der Waals surface area contributed by atoms with Crippen LogP contribution in [0.5, 0.6) is 0 Å². The van der Waals surface area contributed by atoms with Crippen LogP contribution in [-0.2, 0) is 6.54 Å². The van der Waals surface area contributed by atoms with Gasteiger partial charge >= 0.3 is 11.1 Å². The first-order chi connectivity index (χ1) is 10.2. The highest BCUT2D eigenvalue weighted by molar-refractivity contribution is 7.12. The van der Waals surface area contributed by atoms with Gasteiger partial charge in [0.2, 0.25) is 0 Å². The second kappa shape index (κ2) is 5.26. The predicted molar refractivity (Wildman–Crippen MR) is 81.6 cm³/mol. The van der Waals surface area contributed by atoms with Crippen LogP contribution in [0, 0.1) is 11.3 Å². The lowest BCUT2D eigenvalue weighted by atomic mass is 10.2.